The Morgan fingerprint density at radius 1 is 1.14 bits per heavy atom. The molecule has 0 saturated carbocycles. The number of imide groups is 1. The molecule has 0 radical (unpaired) electrons. The molecular weight excluding hydrogens is 487 g/mol. The molecule has 2 aliphatic rings. The van der Waals surface area contributed by atoms with Crippen molar-refractivity contribution in [1.82, 2.24) is 10.2 Å². The lowest BCUT2D eigenvalue weighted by Gasteiger charge is -2.43. The number of anilines is 2. The van der Waals surface area contributed by atoms with Crippen LogP contribution in [0.5, 0.6) is 0 Å². The predicted octanol–water partition coefficient (Wildman–Crippen LogP) is 5.55. The van der Waals surface area contributed by atoms with Gasteiger partial charge >= 0.3 is 6.03 Å². The molecule has 7 nitrogen and oxygen atoms in total. The van der Waals surface area contributed by atoms with Crippen molar-refractivity contribution in [2.45, 2.75) is 33.2 Å². The Hall–Kier alpha value is -3.29. The molecule has 0 atom stereocenters. The first-order valence-corrected chi connectivity index (χ1v) is 12.0. The quantitative estimate of drug-likeness (QED) is 0.406. The number of likely N-dealkylation sites (N-methyl/N-ethyl adjacent to an activating group) is 1. The number of carbonyl (C=O) groups excluding carboxylic acids is 3. The van der Waals surface area contributed by atoms with Crippen molar-refractivity contribution in [3.05, 3.63) is 69.3 Å². The first-order chi connectivity index (χ1) is 16.5. The normalized spacial score (nSPS) is 17.9. The van der Waals surface area contributed by atoms with Crippen molar-refractivity contribution in [3.63, 3.8) is 0 Å². The number of hydrogen-bond acceptors (Lipinski definition) is 4. The standard InChI is InChI=1S/C26H26Cl2N4O3/c1-5-32-22-12-20(28)16(10-19(22)15(2)13-26(32,3)4)11-21-24(34)31(25(35)30-21)14-23(33)29-18-8-6-17(27)7-9-18/h6-13H,5,14H2,1-4H3,(H,29,33)(H,30,35)/b21-11+. The minimum Gasteiger partial charge on any atom is -0.363 e. The Morgan fingerprint density at radius 2 is 1.83 bits per heavy atom. The lowest BCUT2D eigenvalue weighted by atomic mass is 9.88. The molecule has 2 aliphatic heterocycles. The summed E-state index contributed by atoms with van der Waals surface area (Å²) in [5.41, 5.74) is 4.15. The SMILES string of the molecule is CCN1c2cc(Cl)c(/C=C3/NC(=O)N(CC(=O)Nc4ccc(Cl)cc4)C3=O)cc2C(C)=CC1(C)C. The van der Waals surface area contributed by atoms with E-state index in [-0.39, 0.29) is 11.2 Å². The van der Waals surface area contributed by atoms with Gasteiger partial charge in [-0.3, -0.25) is 9.59 Å². The zero-order valence-electron chi connectivity index (χ0n) is 19.9. The van der Waals surface area contributed by atoms with E-state index in [1.54, 1.807) is 30.3 Å². The van der Waals surface area contributed by atoms with Gasteiger partial charge in [0.25, 0.3) is 5.91 Å². The maximum absolute atomic E-state index is 12.9. The lowest BCUT2D eigenvalue weighted by Crippen LogP contribution is -2.44. The molecule has 2 N–H and O–H groups in total. The summed E-state index contributed by atoms with van der Waals surface area (Å²) in [7, 11) is 0. The van der Waals surface area contributed by atoms with Gasteiger partial charge < -0.3 is 15.5 Å². The predicted molar refractivity (Wildman–Crippen MR) is 141 cm³/mol. The second kappa shape index (κ2) is 9.40. The van der Waals surface area contributed by atoms with Crippen LogP contribution in [0.2, 0.25) is 10.0 Å². The van der Waals surface area contributed by atoms with Gasteiger partial charge in [0.2, 0.25) is 5.91 Å². The highest BCUT2D eigenvalue weighted by molar-refractivity contribution is 6.33. The summed E-state index contributed by atoms with van der Waals surface area (Å²) in [6.07, 6.45) is 3.75. The summed E-state index contributed by atoms with van der Waals surface area (Å²) in [4.78, 5) is 40.9. The number of carbonyl (C=O) groups is 3. The molecule has 4 rings (SSSR count). The van der Waals surface area contributed by atoms with Crippen LogP contribution in [-0.4, -0.2) is 41.4 Å². The Labute approximate surface area is 214 Å². The summed E-state index contributed by atoms with van der Waals surface area (Å²) >= 11 is 12.5. The van der Waals surface area contributed by atoms with Crippen molar-refractivity contribution in [2.24, 2.45) is 0 Å². The third kappa shape index (κ3) is 4.92. The van der Waals surface area contributed by atoms with Gasteiger partial charge in [-0.2, -0.15) is 0 Å². The second-order valence-electron chi connectivity index (χ2n) is 9.05. The maximum Gasteiger partial charge on any atom is 0.329 e. The van der Waals surface area contributed by atoms with Crippen molar-refractivity contribution in [2.75, 3.05) is 23.3 Å². The fraction of sp³-hybridized carbons (Fsp3) is 0.269. The molecule has 0 aromatic heterocycles. The van der Waals surface area contributed by atoms with Crippen LogP contribution in [0.1, 0.15) is 38.8 Å². The molecule has 9 heteroatoms. The Kier molecular flexibility index (Phi) is 6.66. The van der Waals surface area contributed by atoms with Crippen LogP contribution in [0.25, 0.3) is 11.6 Å². The minimum absolute atomic E-state index is 0.0567. The largest absolute Gasteiger partial charge is 0.363 e. The zero-order valence-corrected chi connectivity index (χ0v) is 21.4. The highest BCUT2D eigenvalue weighted by Gasteiger charge is 2.35. The molecule has 182 valence electrons. The molecule has 4 amide bonds. The number of urea groups is 1. The molecule has 1 fully saturated rings. The zero-order chi connectivity index (χ0) is 25.5. The summed E-state index contributed by atoms with van der Waals surface area (Å²) in [5, 5.41) is 6.18. The lowest BCUT2D eigenvalue weighted by molar-refractivity contribution is -0.127. The van der Waals surface area contributed by atoms with Crippen LogP contribution < -0.4 is 15.5 Å². The van der Waals surface area contributed by atoms with Gasteiger partial charge in [0.05, 0.1) is 5.54 Å². The van der Waals surface area contributed by atoms with Crippen LogP contribution in [0.15, 0.2) is 48.2 Å². The molecule has 35 heavy (non-hydrogen) atoms. The highest BCUT2D eigenvalue weighted by Crippen LogP contribution is 2.41. The van der Waals surface area contributed by atoms with Gasteiger partial charge in [0, 0.05) is 33.5 Å². The first-order valence-electron chi connectivity index (χ1n) is 11.2. The van der Waals surface area contributed by atoms with Gasteiger partial charge in [-0.05, 0) is 81.3 Å². The van der Waals surface area contributed by atoms with Crippen LogP contribution >= 0.6 is 23.2 Å². The van der Waals surface area contributed by atoms with Crippen LogP contribution in [0.4, 0.5) is 16.2 Å². The van der Waals surface area contributed by atoms with E-state index in [0.29, 0.717) is 21.3 Å². The Morgan fingerprint density at radius 3 is 2.49 bits per heavy atom. The van der Waals surface area contributed by atoms with Crippen molar-refractivity contribution in [1.29, 1.82) is 0 Å². The van der Waals surface area contributed by atoms with Crippen LogP contribution in [-0.2, 0) is 9.59 Å². The molecule has 0 bridgehead atoms. The number of benzene rings is 2. The van der Waals surface area contributed by atoms with Crippen LogP contribution in [0.3, 0.4) is 0 Å². The molecule has 2 aromatic carbocycles. The average Bonchev–Trinajstić information content (AvgIpc) is 3.03. The summed E-state index contributed by atoms with van der Waals surface area (Å²) < 4.78 is 0. The molecule has 1 saturated heterocycles. The number of allylic oxidation sites excluding steroid dienone is 1. The van der Waals surface area contributed by atoms with E-state index in [2.05, 4.69) is 42.4 Å². The van der Waals surface area contributed by atoms with E-state index in [1.807, 2.05) is 19.1 Å². The van der Waals surface area contributed by atoms with Crippen molar-refractivity contribution >= 4 is 64.1 Å². The first kappa shape index (κ1) is 24.8. The van der Waals surface area contributed by atoms with Gasteiger partial charge in [0.15, 0.2) is 0 Å². The van der Waals surface area contributed by atoms with Crippen molar-refractivity contribution in [3.8, 4) is 0 Å². The summed E-state index contributed by atoms with van der Waals surface area (Å²) in [5.74, 6) is -1.11. The van der Waals surface area contributed by atoms with E-state index < -0.39 is 24.4 Å². The van der Waals surface area contributed by atoms with Crippen LogP contribution in [0, 0.1) is 0 Å². The summed E-state index contributed by atoms with van der Waals surface area (Å²) in [6.45, 7) is 8.82. The number of halogens is 2. The third-order valence-corrected chi connectivity index (χ3v) is 6.68. The third-order valence-electron chi connectivity index (χ3n) is 6.10. The molecule has 2 heterocycles. The van der Waals surface area contributed by atoms with Crippen molar-refractivity contribution < 1.29 is 14.4 Å². The topological polar surface area (TPSA) is 81.8 Å². The molecular formula is C26H26Cl2N4O3. The summed E-state index contributed by atoms with van der Waals surface area (Å²) in [6, 6.07) is 9.67. The Balaban J connectivity index is 1.56. The van der Waals surface area contributed by atoms with E-state index >= 15 is 0 Å². The highest BCUT2D eigenvalue weighted by atomic mass is 35.5. The fourth-order valence-electron chi connectivity index (χ4n) is 4.55. The number of nitrogens with one attached hydrogen (secondary N) is 2. The van der Waals surface area contributed by atoms with E-state index in [4.69, 9.17) is 23.2 Å². The fourth-order valence-corrected chi connectivity index (χ4v) is 4.89. The monoisotopic (exact) mass is 512 g/mol. The number of fused-ring (bicyclic) bond motifs is 1. The molecule has 2 aromatic rings. The van der Waals surface area contributed by atoms with E-state index in [9.17, 15) is 14.4 Å². The maximum atomic E-state index is 12.9. The number of rotatable bonds is 5. The van der Waals surface area contributed by atoms with Gasteiger partial charge in [0.1, 0.15) is 12.2 Å². The van der Waals surface area contributed by atoms with Gasteiger partial charge in [-0.1, -0.05) is 29.3 Å². The number of amides is 4. The molecule has 0 unspecified atom stereocenters. The van der Waals surface area contributed by atoms with Gasteiger partial charge in [-0.15, -0.1) is 0 Å². The Bertz CT molecular complexity index is 1280. The smallest absolute Gasteiger partial charge is 0.329 e. The number of nitrogens with zero attached hydrogens (tertiary/aromatic N) is 2. The number of hydrogen-bond donors (Lipinski definition) is 2. The molecule has 0 aliphatic carbocycles. The second-order valence-corrected chi connectivity index (χ2v) is 9.89. The molecule has 0 spiro atoms. The van der Waals surface area contributed by atoms with E-state index in [1.165, 1.54) is 0 Å². The van der Waals surface area contributed by atoms with E-state index in [0.717, 1.165) is 28.3 Å². The van der Waals surface area contributed by atoms with Gasteiger partial charge in [-0.25, -0.2) is 9.69 Å². The minimum atomic E-state index is -0.670. The average molecular weight is 513 g/mol.